The molecule has 1 amide bonds. The zero-order valence-corrected chi connectivity index (χ0v) is 9.19. The van der Waals surface area contributed by atoms with Crippen LogP contribution < -0.4 is 10.5 Å². The van der Waals surface area contributed by atoms with Crippen molar-refractivity contribution in [2.45, 2.75) is 19.4 Å². The van der Waals surface area contributed by atoms with Crippen LogP contribution in [0.4, 0.5) is 0 Å². The van der Waals surface area contributed by atoms with E-state index in [0.717, 1.165) is 11.0 Å². The van der Waals surface area contributed by atoms with Gasteiger partial charge in [-0.2, -0.15) is 0 Å². The molecule has 1 aromatic carbocycles. The van der Waals surface area contributed by atoms with Gasteiger partial charge in [0.15, 0.2) is 5.60 Å². The first-order chi connectivity index (χ1) is 7.49. The van der Waals surface area contributed by atoms with E-state index in [2.05, 4.69) is 0 Å². The predicted molar refractivity (Wildman–Crippen MR) is 60.1 cm³/mol. The van der Waals surface area contributed by atoms with Crippen molar-refractivity contribution < 1.29 is 13.9 Å². The molecule has 16 heavy (non-hydrogen) atoms. The Morgan fingerprint density at radius 3 is 2.81 bits per heavy atom. The van der Waals surface area contributed by atoms with Crippen LogP contribution in [-0.4, -0.2) is 11.5 Å². The van der Waals surface area contributed by atoms with Gasteiger partial charge in [0.1, 0.15) is 11.3 Å². The van der Waals surface area contributed by atoms with Crippen LogP contribution in [0, 0.1) is 0 Å². The molecule has 4 heteroatoms. The van der Waals surface area contributed by atoms with E-state index < -0.39 is 11.5 Å². The van der Waals surface area contributed by atoms with Gasteiger partial charge in [0.25, 0.3) is 5.91 Å². The van der Waals surface area contributed by atoms with Crippen LogP contribution >= 0.6 is 0 Å². The van der Waals surface area contributed by atoms with E-state index in [1.165, 1.54) is 0 Å². The first kappa shape index (κ1) is 10.5. The molecule has 0 fully saturated rings. The van der Waals surface area contributed by atoms with Gasteiger partial charge in [0.2, 0.25) is 0 Å². The van der Waals surface area contributed by atoms with E-state index >= 15 is 0 Å². The highest BCUT2D eigenvalue weighted by Gasteiger charge is 2.27. The van der Waals surface area contributed by atoms with Gasteiger partial charge >= 0.3 is 0 Å². The lowest BCUT2D eigenvalue weighted by molar-refractivity contribution is -0.130. The average molecular weight is 219 g/mol. The molecule has 0 aliphatic rings. The number of ether oxygens (including phenoxy) is 1. The lowest BCUT2D eigenvalue weighted by atomic mass is 10.1. The smallest absolute Gasteiger partial charge is 0.261 e. The monoisotopic (exact) mass is 219 g/mol. The quantitative estimate of drug-likeness (QED) is 0.859. The molecular formula is C12H13NO3. The van der Waals surface area contributed by atoms with Gasteiger partial charge in [-0.1, -0.05) is 0 Å². The summed E-state index contributed by atoms with van der Waals surface area (Å²) in [5, 5.41) is 0.928. The third kappa shape index (κ3) is 1.86. The van der Waals surface area contributed by atoms with Gasteiger partial charge < -0.3 is 14.9 Å². The number of rotatable bonds is 3. The molecule has 0 bridgehead atoms. The summed E-state index contributed by atoms with van der Waals surface area (Å²) in [6.45, 7) is 3.27. The summed E-state index contributed by atoms with van der Waals surface area (Å²) in [4.78, 5) is 11.1. The van der Waals surface area contributed by atoms with Gasteiger partial charge in [-0.05, 0) is 38.1 Å². The van der Waals surface area contributed by atoms with Gasteiger partial charge in [-0.3, -0.25) is 4.79 Å². The minimum atomic E-state index is -1.02. The third-order valence-electron chi connectivity index (χ3n) is 2.39. The second-order valence-corrected chi connectivity index (χ2v) is 4.10. The molecule has 1 heterocycles. The first-order valence-electron chi connectivity index (χ1n) is 4.95. The molecule has 0 unspecified atom stereocenters. The topological polar surface area (TPSA) is 65.5 Å². The minimum absolute atomic E-state index is 0.500. The van der Waals surface area contributed by atoms with Crippen LogP contribution in [0.25, 0.3) is 11.0 Å². The Kier molecular flexibility index (Phi) is 2.34. The summed E-state index contributed by atoms with van der Waals surface area (Å²) in [5.74, 6) is 0.0949. The van der Waals surface area contributed by atoms with Crippen molar-refractivity contribution in [3.8, 4) is 5.75 Å². The molecule has 0 atom stereocenters. The number of carbonyl (C=O) groups is 1. The second-order valence-electron chi connectivity index (χ2n) is 4.10. The van der Waals surface area contributed by atoms with Crippen molar-refractivity contribution in [1.29, 1.82) is 0 Å². The summed E-state index contributed by atoms with van der Waals surface area (Å²) in [6.07, 6.45) is 1.60. The molecule has 2 aromatic rings. The number of benzene rings is 1. The Morgan fingerprint density at radius 1 is 1.38 bits per heavy atom. The van der Waals surface area contributed by atoms with Gasteiger partial charge in [0.05, 0.1) is 6.26 Å². The van der Waals surface area contributed by atoms with Crippen LogP contribution in [0.5, 0.6) is 5.75 Å². The molecule has 84 valence electrons. The number of primary amides is 1. The zero-order chi connectivity index (χ0) is 11.8. The Bertz CT molecular complexity index is 528. The van der Waals surface area contributed by atoms with Crippen LogP contribution in [-0.2, 0) is 4.79 Å². The molecule has 0 saturated carbocycles. The summed E-state index contributed by atoms with van der Waals surface area (Å²) in [5.41, 5.74) is 4.99. The van der Waals surface area contributed by atoms with Gasteiger partial charge in [-0.25, -0.2) is 0 Å². The fraction of sp³-hybridized carbons (Fsp3) is 0.250. The van der Waals surface area contributed by atoms with E-state index in [9.17, 15) is 4.79 Å². The standard InChI is InChI=1S/C12H13NO3/c1-12(2,11(13)14)16-9-3-4-10-8(7-9)5-6-15-10/h3-7H,1-2H3,(H2,13,14). The molecule has 1 aromatic heterocycles. The maximum atomic E-state index is 11.1. The SMILES string of the molecule is CC(C)(Oc1ccc2occc2c1)C(N)=O. The normalized spacial score (nSPS) is 11.6. The van der Waals surface area contributed by atoms with Crippen LogP contribution in [0.1, 0.15) is 13.8 Å². The maximum Gasteiger partial charge on any atom is 0.261 e. The Hall–Kier alpha value is -1.97. The molecule has 4 nitrogen and oxygen atoms in total. The number of nitrogens with two attached hydrogens (primary N) is 1. The minimum Gasteiger partial charge on any atom is -0.478 e. The Balaban J connectivity index is 2.30. The van der Waals surface area contributed by atoms with Crippen molar-refractivity contribution in [1.82, 2.24) is 0 Å². The predicted octanol–water partition coefficient (Wildman–Crippen LogP) is 2.08. The van der Waals surface area contributed by atoms with E-state index in [0.29, 0.717) is 5.75 Å². The fourth-order valence-electron chi connectivity index (χ4n) is 1.35. The lowest BCUT2D eigenvalue weighted by Crippen LogP contribution is -2.43. The van der Waals surface area contributed by atoms with Crippen molar-refractivity contribution in [2.75, 3.05) is 0 Å². The van der Waals surface area contributed by atoms with Crippen LogP contribution in [0.15, 0.2) is 34.9 Å². The van der Waals surface area contributed by atoms with Gasteiger partial charge in [-0.15, -0.1) is 0 Å². The third-order valence-corrected chi connectivity index (χ3v) is 2.39. The zero-order valence-electron chi connectivity index (χ0n) is 9.19. The van der Waals surface area contributed by atoms with Crippen molar-refractivity contribution in [2.24, 2.45) is 5.73 Å². The van der Waals surface area contributed by atoms with Crippen LogP contribution in [0.2, 0.25) is 0 Å². The number of hydrogen-bond donors (Lipinski definition) is 1. The van der Waals surface area contributed by atoms with Crippen molar-refractivity contribution >= 4 is 16.9 Å². The molecule has 2 rings (SSSR count). The molecule has 0 aliphatic carbocycles. The summed E-state index contributed by atoms with van der Waals surface area (Å²) in [6, 6.07) is 7.18. The Labute approximate surface area is 93.0 Å². The van der Waals surface area contributed by atoms with Crippen molar-refractivity contribution in [3.05, 3.63) is 30.5 Å². The second kappa shape index (κ2) is 3.56. The van der Waals surface area contributed by atoms with Crippen LogP contribution in [0.3, 0.4) is 0 Å². The van der Waals surface area contributed by atoms with E-state index in [4.69, 9.17) is 14.9 Å². The largest absolute Gasteiger partial charge is 0.478 e. The summed E-state index contributed by atoms with van der Waals surface area (Å²) < 4.78 is 10.7. The highest BCUT2D eigenvalue weighted by Crippen LogP contribution is 2.24. The number of amides is 1. The summed E-state index contributed by atoms with van der Waals surface area (Å²) >= 11 is 0. The number of hydrogen-bond acceptors (Lipinski definition) is 3. The molecule has 0 aliphatic heterocycles. The average Bonchev–Trinajstić information content (AvgIpc) is 2.63. The molecule has 0 spiro atoms. The Morgan fingerprint density at radius 2 is 2.12 bits per heavy atom. The molecular weight excluding hydrogens is 206 g/mol. The van der Waals surface area contributed by atoms with Gasteiger partial charge in [0, 0.05) is 5.39 Å². The lowest BCUT2D eigenvalue weighted by Gasteiger charge is -2.22. The van der Waals surface area contributed by atoms with E-state index in [-0.39, 0.29) is 0 Å². The molecule has 0 radical (unpaired) electrons. The highest BCUT2D eigenvalue weighted by atomic mass is 16.5. The summed E-state index contributed by atoms with van der Waals surface area (Å²) in [7, 11) is 0. The number of furan rings is 1. The number of fused-ring (bicyclic) bond motifs is 1. The maximum absolute atomic E-state index is 11.1. The van der Waals surface area contributed by atoms with E-state index in [1.54, 1.807) is 32.2 Å². The fourth-order valence-corrected chi connectivity index (χ4v) is 1.35. The first-order valence-corrected chi connectivity index (χ1v) is 4.95. The van der Waals surface area contributed by atoms with E-state index in [1.807, 2.05) is 12.1 Å². The number of carbonyl (C=O) groups excluding carboxylic acids is 1. The highest BCUT2D eigenvalue weighted by molar-refractivity contribution is 5.83. The molecule has 2 N–H and O–H groups in total. The molecule has 0 saturated heterocycles. The van der Waals surface area contributed by atoms with Crippen molar-refractivity contribution in [3.63, 3.8) is 0 Å².